The first-order valence-corrected chi connectivity index (χ1v) is 8.36. The number of carbonyl (C=O) groups excluding carboxylic acids is 1. The molecule has 2 rings (SSSR count). The Morgan fingerprint density at radius 2 is 1.84 bits per heavy atom. The van der Waals surface area contributed by atoms with Crippen molar-refractivity contribution >= 4 is 28.1 Å². The number of carbonyl (C=O) groups is 1. The third-order valence-corrected chi connectivity index (χ3v) is 3.58. The number of nitrogens with zero attached hydrogens (tertiary/aromatic N) is 1. The molecule has 2 aromatic carbocycles. The average Bonchev–Trinajstić information content (AvgIpc) is 2.60. The fourth-order valence-electron chi connectivity index (χ4n) is 1.92. The Bertz CT molecular complexity index is 732. The van der Waals surface area contributed by atoms with Crippen molar-refractivity contribution in [3.05, 3.63) is 52.5 Å². The van der Waals surface area contributed by atoms with Gasteiger partial charge in [0.05, 0.1) is 13.3 Å². The Labute approximate surface area is 154 Å². The quantitative estimate of drug-likeness (QED) is 0.414. The molecular weight excluding hydrogens is 388 g/mol. The number of halogens is 1. The fraction of sp³-hybridized carbons (Fsp3) is 0.222. The number of ether oxygens (including phenoxy) is 3. The summed E-state index contributed by atoms with van der Waals surface area (Å²) >= 11 is 3.38. The highest BCUT2D eigenvalue weighted by molar-refractivity contribution is 9.10. The Morgan fingerprint density at radius 3 is 2.52 bits per heavy atom. The van der Waals surface area contributed by atoms with Gasteiger partial charge in [0, 0.05) is 11.4 Å². The van der Waals surface area contributed by atoms with E-state index in [0.29, 0.717) is 24.7 Å². The van der Waals surface area contributed by atoms with Gasteiger partial charge in [0.1, 0.15) is 19.0 Å². The predicted molar refractivity (Wildman–Crippen MR) is 99.5 cm³/mol. The van der Waals surface area contributed by atoms with Gasteiger partial charge >= 0.3 is 0 Å². The van der Waals surface area contributed by atoms with Gasteiger partial charge in [0.15, 0.2) is 11.5 Å². The molecule has 0 bridgehead atoms. The van der Waals surface area contributed by atoms with Gasteiger partial charge in [-0.25, -0.2) is 5.43 Å². The van der Waals surface area contributed by atoms with E-state index in [1.807, 2.05) is 30.3 Å². The van der Waals surface area contributed by atoms with Gasteiger partial charge in [0.2, 0.25) is 5.91 Å². The van der Waals surface area contributed by atoms with E-state index in [4.69, 9.17) is 14.2 Å². The lowest BCUT2D eigenvalue weighted by atomic mass is 10.2. The van der Waals surface area contributed by atoms with Crippen molar-refractivity contribution in [2.75, 3.05) is 20.3 Å². The second-order valence-corrected chi connectivity index (χ2v) is 5.90. The highest BCUT2D eigenvalue weighted by atomic mass is 79.9. The third kappa shape index (κ3) is 6.46. The summed E-state index contributed by atoms with van der Waals surface area (Å²) in [7, 11) is 1.56. The van der Waals surface area contributed by atoms with Gasteiger partial charge in [-0.05, 0) is 48.0 Å². The molecular formula is C18H19BrN2O4. The van der Waals surface area contributed by atoms with Gasteiger partial charge in [-0.15, -0.1) is 0 Å². The van der Waals surface area contributed by atoms with E-state index >= 15 is 0 Å². The number of hydrogen-bond acceptors (Lipinski definition) is 5. The van der Waals surface area contributed by atoms with E-state index in [1.165, 1.54) is 13.1 Å². The standard InChI is InChI=1S/C18H19BrN2O4/c1-13(22)21-20-12-14-3-8-17(18(11-14)23-2)25-10-9-24-16-6-4-15(19)5-7-16/h3-8,11-12H,9-10H2,1-2H3,(H,21,22). The molecule has 1 N–H and O–H groups in total. The average molecular weight is 407 g/mol. The highest BCUT2D eigenvalue weighted by Crippen LogP contribution is 2.27. The minimum absolute atomic E-state index is 0.228. The van der Waals surface area contributed by atoms with E-state index in [0.717, 1.165) is 15.8 Å². The summed E-state index contributed by atoms with van der Waals surface area (Å²) in [4.78, 5) is 10.8. The maximum atomic E-state index is 10.8. The number of rotatable bonds is 8. The van der Waals surface area contributed by atoms with Crippen molar-refractivity contribution in [3.8, 4) is 17.2 Å². The minimum Gasteiger partial charge on any atom is -0.493 e. The van der Waals surface area contributed by atoms with E-state index in [-0.39, 0.29) is 5.91 Å². The summed E-state index contributed by atoms with van der Waals surface area (Å²) in [5, 5.41) is 3.82. The molecule has 0 spiro atoms. The number of amides is 1. The van der Waals surface area contributed by atoms with Crippen LogP contribution < -0.4 is 19.6 Å². The van der Waals surface area contributed by atoms with E-state index < -0.39 is 0 Å². The molecule has 0 aromatic heterocycles. The molecule has 0 heterocycles. The van der Waals surface area contributed by atoms with Crippen molar-refractivity contribution in [1.82, 2.24) is 5.43 Å². The summed E-state index contributed by atoms with van der Waals surface area (Å²) in [5.41, 5.74) is 3.13. The molecule has 0 radical (unpaired) electrons. The molecule has 0 unspecified atom stereocenters. The molecule has 132 valence electrons. The van der Waals surface area contributed by atoms with Crippen molar-refractivity contribution < 1.29 is 19.0 Å². The zero-order valence-corrected chi connectivity index (χ0v) is 15.6. The fourth-order valence-corrected chi connectivity index (χ4v) is 2.19. The van der Waals surface area contributed by atoms with E-state index in [2.05, 4.69) is 26.5 Å². The molecule has 2 aromatic rings. The first-order valence-electron chi connectivity index (χ1n) is 7.57. The van der Waals surface area contributed by atoms with E-state index in [1.54, 1.807) is 19.2 Å². The van der Waals surface area contributed by atoms with Crippen molar-refractivity contribution in [2.24, 2.45) is 5.10 Å². The van der Waals surface area contributed by atoms with Crippen LogP contribution in [0.25, 0.3) is 0 Å². The normalized spacial score (nSPS) is 10.5. The molecule has 1 amide bonds. The third-order valence-electron chi connectivity index (χ3n) is 3.05. The molecule has 0 saturated carbocycles. The summed E-state index contributed by atoms with van der Waals surface area (Å²) in [6.07, 6.45) is 1.53. The minimum atomic E-state index is -0.228. The molecule has 0 saturated heterocycles. The highest BCUT2D eigenvalue weighted by Gasteiger charge is 2.05. The predicted octanol–water partition coefficient (Wildman–Crippen LogP) is 3.39. The van der Waals surface area contributed by atoms with Gasteiger partial charge in [-0.1, -0.05) is 15.9 Å². The molecule has 0 aliphatic heterocycles. The molecule has 6 nitrogen and oxygen atoms in total. The number of methoxy groups -OCH3 is 1. The summed E-state index contributed by atoms with van der Waals surface area (Å²) in [6, 6.07) is 13.0. The van der Waals surface area contributed by atoms with Crippen LogP contribution in [0, 0.1) is 0 Å². The molecule has 0 atom stereocenters. The van der Waals surface area contributed by atoms with Crippen LogP contribution in [-0.2, 0) is 4.79 Å². The molecule has 0 fully saturated rings. The molecule has 7 heteroatoms. The maximum Gasteiger partial charge on any atom is 0.236 e. The number of hydrazone groups is 1. The smallest absolute Gasteiger partial charge is 0.236 e. The van der Waals surface area contributed by atoms with Gasteiger partial charge in [-0.3, -0.25) is 4.79 Å². The lowest BCUT2D eigenvalue weighted by Gasteiger charge is -2.12. The summed E-state index contributed by atoms with van der Waals surface area (Å²) in [5.74, 6) is 1.74. The zero-order chi connectivity index (χ0) is 18.1. The SMILES string of the molecule is COc1cc(C=NNC(C)=O)ccc1OCCOc1ccc(Br)cc1. The second kappa shape index (κ2) is 9.68. The summed E-state index contributed by atoms with van der Waals surface area (Å²) in [6.45, 7) is 2.19. The summed E-state index contributed by atoms with van der Waals surface area (Å²) < 4.78 is 17.6. The number of nitrogens with one attached hydrogen (secondary N) is 1. The van der Waals surface area contributed by atoms with Crippen LogP contribution in [0.3, 0.4) is 0 Å². The van der Waals surface area contributed by atoms with E-state index in [9.17, 15) is 4.79 Å². The maximum absolute atomic E-state index is 10.8. The van der Waals surface area contributed by atoms with Gasteiger partial charge in [-0.2, -0.15) is 5.10 Å². The molecule has 0 aliphatic carbocycles. The Morgan fingerprint density at radius 1 is 1.12 bits per heavy atom. The lowest BCUT2D eigenvalue weighted by Crippen LogP contribution is -2.12. The van der Waals surface area contributed by atoms with Crippen molar-refractivity contribution in [3.63, 3.8) is 0 Å². The lowest BCUT2D eigenvalue weighted by molar-refractivity contribution is -0.118. The zero-order valence-electron chi connectivity index (χ0n) is 14.0. The Kier molecular flexibility index (Phi) is 7.28. The van der Waals surface area contributed by atoms with Crippen molar-refractivity contribution in [1.29, 1.82) is 0 Å². The van der Waals surface area contributed by atoms with Crippen molar-refractivity contribution in [2.45, 2.75) is 6.92 Å². The monoisotopic (exact) mass is 406 g/mol. The Hall–Kier alpha value is -2.54. The van der Waals surface area contributed by atoms with Crippen LogP contribution in [0.5, 0.6) is 17.2 Å². The van der Waals surface area contributed by atoms with Crippen LogP contribution in [0.15, 0.2) is 52.0 Å². The van der Waals surface area contributed by atoms with Gasteiger partial charge < -0.3 is 14.2 Å². The van der Waals surface area contributed by atoms with Crippen LogP contribution in [0.1, 0.15) is 12.5 Å². The number of benzene rings is 2. The van der Waals surface area contributed by atoms with Crippen LogP contribution in [0.4, 0.5) is 0 Å². The topological polar surface area (TPSA) is 69.2 Å². The van der Waals surface area contributed by atoms with Crippen LogP contribution >= 0.6 is 15.9 Å². The molecule has 25 heavy (non-hydrogen) atoms. The molecule has 0 aliphatic rings. The largest absolute Gasteiger partial charge is 0.493 e. The second-order valence-electron chi connectivity index (χ2n) is 4.99. The Balaban J connectivity index is 1.87. The first-order chi connectivity index (χ1) is 12.1. The van der Waals surface area contributed by atoms with Gasteiger partial charge in [0.25, 0.3) is 0 Å². The number of hydrogen-bond donors (Lipinski definition) is 1. The first kappa shape index (κ1) is 18.8. The van der Waals surface area contributed by atoms with Crippen LogP contribution in [-0.4, -0.2) is 32.4 Å². The van der Waals surface area contributed by atoms with Crippen LogP contribution in [0.2, 0.25) is 0 Å².